The Morgan fingerprint density at radius 1 is 1.50 bits per heavy atom. The highest BCUT2D eigenvalue weighted by molar-refractivity contribution is 5.80. The van der Waals surface area contributed by atoms with E-state index in [0.29, 0.717) is 24.9 Å². The fourth-order valence-electron chi connectivity index (χ4n) is 1.97. The molecule has 4 nitrogen and oxygen atoms in total. The van der Waals surface area contributed by atoms with Gasteiger partial charge in [-0.3, -0.25) is 9.59 Å². The molecule has 0 radical (unpaired) electrons. The summed E-state index contributed by atoms with van der Waals surface area (Å²) in [6.45, 7) is 0.466. The average molecular weight is 250 g/mol. The lowest BCUT2D eigenvalue weighted by atomic mass is 10.1. The maximum atomic E-state index is 12.9. The number of halogens is 1. The molecule has 1 atom stereocenters. The van der Waals surface area contributed by atoms with E-state index in [0.717, 1.165) is 0 Å². The molecule has 1 unspecified atom stereocenters. The first-order chi connectivity index (χ1) is 8.63. The number of nitrogens with one attached hydrogen (secondary N) is 2. The van der Waals surface area contributed by atoms with Gasteiger partial charge < -0.3 is 10.6 Å². The van der Waals surface area contributed by atoms with Gasteiger partial charge in [0, 0.05) is 19.0 Å². The summed E-state index contributed by atoms with van der Waals surface area (Å²) in [5.41, 5.74) is 0.646. The molecule has 18 heavy (non-hydrogen) atoms. The molecule has 0 aliphatic carbocycles. The summed E-state index contributed by atoms with van der Waals surface area (Å²) in [7, 11) is 0. The second-order valence-corrected chi connectivity index (χ2v) is 4.41. The smallest absolute Gasteiger partial charge is 0.224 e. The second-order valence-electron chi connectivity index (χ2n) is 4.41. The first-order valence-electron chi connectivity index (χ1n) is 5.94. The van der Waals surface area contributed by atoms with E-state index in [1.165, 1.54) is 12.1 Å². The highest BCUT2D eigenvalue weighted by Crippen LogP contribution is 2.06. The third-order valence-corrected chi connectivity index (χ3v) is 2.88. The molecule has 1 aliphatic heterocycles. The van der Waals surface area contributed by atoms with Crippen LogP contribution in [0, 0.1) is 5.82 Å². The van der Waals surface area contributed by atoms with Gasteiger partial charge in [0.1, 0.15) is 5.82 Å². The molecule has 2 N–H and O–H groups in total. The van der Waals surface area contributed by atoms with Gasteiger partial charge in [0.15, 0.2) is 0 Å². The summed E-state index contributed by atoms with van der Waals surface area (Å²) in [4.78, 5) is 22.7. The van der Waals surface area contributed by atoms with Gasteiger partial charge in [-0.05, 0) is 24.1 Å². The van der Waals surface area contributed by atoms with Crippen molar-refractivity contribution in [3.05, 3.63) is 35.6 Å². The molecule has 96 valence electrons. The van der Waals surface area contributed by atoms with Crippen LogP contribution in [0.5, 0.6) is 0 Å². The van der Waals surface area contributed by atoms with Crippen LogP contribution in [-0.4, -0.2) is 24.4 Å². The number of carbonyl (C=O) groups excluding carboxylic acids is 2. The number of hydrogen-bond acceptors (Lipinski definition) is 2. The van der Waals surface area contributed by atoms with E-state index in [9.17, 15) is 14.0 Å². The molecule has 1 fully saturated rings. The molecule has 1 saturated heterocycles. The third kappa shape index (κ3) is 3.55. The van der Waals surface area contributed by atoms with Crippen molar-refractivity contribution in [3.8, 4) is 0 Å². The van der Waals surface area contributed by atoms with Crippen LogP contribution in [0.2, 0.25) is 0 Å². The Morgan fingerprint density at radius 2 is 2.33 bits per heavy atom. The summed E-state index contributed by atoms with van der Waals surface area (Å²) < 4.78 is 12.9. The van der Waals surface area contributed by atoms with E-state index < -0.39 is 0 Å². The zero-order valence-corrected chi connectivity index (χ0v) is 9.91. The Balaban J connectivity index is 1.83. The Morgan fingerprint density at radius 3 is 3.00 bits per heavy atom. The number of rotatable bonds is 3. The van der Waals surface area contributed by atoms with Crippen molar-refractivity contribution in [2.45, 2.75) is 25.3 Å². The molecular weight excluding hydrogens is 235 g/mol. The summed E-state index contributed by atoms with van der Waals surface area (Å²) in [6, 6.07) is 5.97. The minimum Gasteiger partial charge on any atom is -0.354 e. The minimum atomic E-state index is -0.342. The summed E-state index contributed by atoms with van der Waals surface area (Å²) in [5.74, 6) is -0.474. The van der Waals surface area contributed by atoms with Crippen LogP contribution in [0.25, 0.3) is 0 Å². The van der Waals surface area contributed by atoms with E-state index in [1.54, 1.807) is 12.1 Å². The van der Waals surface area contributed by atoms with Crippen LogP contribution in [0.15, 0.2) is 24.3 Å². The average Bonchev–Trinajstić information content (AvgIpc) is 2.32. The van der Waals surface area contributed by atoms with Gasteiger partial charge in [0.2, 0.25) is 11.8 Å². The van der Waals surface area contributed by atoms with Crippen molar-refractivity contribution >= 4 is 11.8 Å². The lowest BCUT2D eigenvalue weighted by Crippen LogP contribution is -2.48. The van der Waals surface area contributed by atoms with Gasteiger partial charge in [0.05, 0.1) is 6.42 Å². The lowest BCUT2D eigenvalue weighted by molar-refractivity contribution is -0.125. The molecule has 1 heterocycles. The van der Waals surface area contributed by atoms with Crippen LogP contribution < -0.4 is 10.6 Å². The summed E-state index contributed by atoms with van der Waals surface area (Å²) >= 11 is 0. The van der Waals surface area contributed by atoms with Crippen LogP contribution in [0.4, 0.5) is 4.39 Å². The molecule has 0 bridgehead atoms. The normalized spacial score (nSPS) is 19.2. The van der Waals surface area contributed by atoms with Crippen LogP contribution in [-0.2, 0) is 16.0 Å². The monoisotopic (exact) mass is 250 g/mol. The number of carbonyl (C=O) groups is 2. The van der Waals surface area contributed by atoms with Crippen molar-refractivity contribution in [2.75, 3.05) is 6.54 Å². The SMILES string of the molecule is O=C1CCC(NC(=O)Cc2cccc(F)c2)CN1. The molecule has 0 saturated carbocycles. The predicted octanol–water partition coefficient (Wildman–Crippen LogP) is 0.763. The van der Waals surface area contributed by atoms with Gasteiger partial charge in [-0.25, -0.2) is 4.39 Å². The maximum absolute atomic E-state index is 12.9. The topological polar surface area (TPSA) is 58.2 Å². The standard InChI is InChI=1S/C13H15FN2O2/c14-10-3-1-2-9(6-10)7-13(18)16-11-4-5-12(17)15-8-11/h1-3,6,11H,4-5,7-8H2,(H,15,17)(H,16,18). The van der Waals surface area contributed by atoms with Gasteiger partial charge in [0.25, 0.3) is 0 Å². The molecule has 0 spiro atoms. The van der Waals surface area contributed by atoms with Crippen molar-refractivity contribution in [1.82, 2.24) is 10.6 Å². The van der Waals surface area contributed by atoms with Crippen molar-refractivity contribution in [1.29, 1.82) is 0 Å². The molecule has 2 rings (SSSR count). The van der Waals surface area contributed by atoms with Crippen molar-refractivity contribution in [2.24, 2.45) is 0 Å². The Hall–Kier alpha value is -1.91. The van der Waals surface area contributed by atoms with E-state index in [2.05, 4.69) is 10.6 Å². The zero-order chi connectivity index (χ0) is 13.0. The fraction of sp³-hybridized carbons (Fsp3) is 0.385. The molecule has 1 aromatic rings. The first kappa shape index (κ1) is 12.5. The zero-order valence-electron chi connectivity index (χ0n) is 9.91. The van der Waals surface area contributed by atoms with Crippen LogP contribution in [0.1, 0.15) is 18.4 Å². The Labute approximate surface area is 105 Å². The van der Waals surface area contributed by atoms with E-state index in [4.69, 9.17) is 0 Å². The Bertz CT molecular complexity index is 452. The third-order valence-electron chi connectivity index (χ3n) is 2.88. The molecule has 1 aliphatic rings. The largest absolute Gasteiger partial charge is 0.354 e. The highest BCUT2D eigenvalue weighted by atomic mass is 19.1. The minimum absolute atomic E-state index is 0.0191. The summed E-state index contributed by atoms with van der Waals surface area (Å²) in [5, 5.41) is 5.53. The number of piperidine rings is 1. The van der Waals surface area contributed by atoms with E-state index in [-0.39, 0.29) is 30.1 Å². The van der Waals surface area contributed by atoms with Gasteiger partial charge in [-0.1, -0.05) is 12.1 Å². The van der Waals surface area contributed by atoms with Crippen LogP contribution in [0.3, 0.4) is 0 Å². The number of hydrogen-bond donors (Lipinski definition) is 2. The predicted molar refractivity (Wildman–Crippen MR) is 64.3 cm³/mol. The summed E-state index contributed by atoms with van der Waals surface area (Å²) in [6.07, 6.45) is 1.24. The van der Waals surface area contributed by atoms with Crippen LogP contribution >= 0.6 is 0 Å². The molecular formula is C13H15FN2O2. The van der Waals surface area contributed by atoms with E-state index >= 15 is 0 Å². The van der Waals surface area contributed by atoms with Gasteiger partial charge >= 0.3 is 0 Å². The number of amides is 2. The first-order valence-corrected chi connectivity index (χ1v) is 5.94. The van der Waals surface area contributed by atoms with Gasteiger partial charge in [-0.2, -0.15) is 0 Å². The number of benzene rings is 1. The fourth-order valence-corrected chi connectivity index (χ4v) is 1.97. The Kier molecular flexibility index (Phi) is 3.92. The van der Waals surface area contributed by atoms with Crippen molar-refractivity contribution < 1.29 is 14.0 Å². The maximum Gasteiger partial charge on any atom is 0.224 e. The lowest BCUT2D eigenvalue weighted by Gasteiger charge is -2.23. The van der Waals surface area contributed by atoms with E-state index in [1.807, 2.05) is 0 Å². The second kappa shape index (κ2) is 5.62. The molecule has 2 amide bonds. The molecule has 0 aromatic heterocycles. The van der Waals surface area contributed by atoms with Crippen molar-refractivity contribution in [3.63, 3.8) is 0 Å². The quantitative estimate of drug-likeness (QED) is 0.832. The molecule has 1 aromatic carbocycles. The highest BCUT2D eigenvalue weighted by Gasteiger charge is 2.19. The van der Waals surface area contributed by atoms with Gasteiger partial charge in [-0.15, -0.1) is 0 Å². The molecule has 5 heteroatoms.